The number of carbonyl (C=O) groups excluding carboxylic acids is 2. The molecule has 0 spiro atoms. The molecule has 0 aliphatic heterocycles. The van der Waals surface area contributed by atoms with Crippen LogP contribution in [0, 0.1) is 0 Å². The van der Waals surface area contributed by atoms with Crippen LogP contribution < -0.4 is 10.1 Å². The molecule has 8 nitrogen and oxygen atoms in total. The van der Waals surface area contributed by atoms with E-state index in [9.17, 15) is 14.4 Å². The predicted octanol–water partition coefficient (Wildman–Crippen LogP) is 4.87. The summed E-state index contributed by atoms with van der Waals surface area (Å²) in [7, 11) is 0. The highest BCUT2D eigenvalue weighted by Crippen LogP contribution is 2.24. The highest BCUT2D eigenvalue weighted by Gasteiger charge is 2.13. The van der Waals surface area contributed by atoms with Crippen LogP contribution in [0.1, 0.15) is 22.8 Å². The molecule has 0 saturated heterocycles. The van der Waals surface area contributed by atoms with Crippen LogP contribution in [0.5, 0.6) is 11.6 Å². The predicted molar refractivity (Wildman–Crippen MR) is 124 cm³/mol. The van der Waals surface area contributed by atoms with Crippen LogP contribution in [-0.4, -0.2) is 39.3 Å². The number of rotatable bonds is 8. The van der Waals surface area contributed by atoms with Gasteiger partial charge < -0.3 is 20.1 Å². The van der Waals surface area contributed by atoms with Crippen LogP contribution >= 0.6 is 23.2 Å². The number of hydrogen-bond acceptors (Lipinski definition) is 5. The third-order valence-electron chi connectivity index (χ3n) is 4.47. The molecule has 1 heterocycles. The number of carboxylic acids is 1. The zero-order valence-corrected chi connectivity index (χ0v) is 18.9. The highest BCUT2D eigenvalue weighted by atomic mass is 35.5. The number of anilines is 1. The summed E-state index contributed by atoms with van der Waals surface area (Å²) in [6, 6.07) is 14.7. The zero-order valence-electron chi connectivity index (χ0n) is 17.4. The van der Waals surface area contributed by atoms with E-state index in [0.29, 0.717) is 27.9 Å². The average Bonchev–Trinajstić information content (AvgIpc) is 2.77. The average molecular weight is 488 g/mol. The minimum absolute atomic E-state index is 0.174. The zero-order chi connectivity index (χ0) is 24.0. The van der Waals surface area contributed by atoms with Crippen LogP contribution in [0.3, 0.4) is 0 Å². The Bertz CT molecular complexity index is 1170. The first-order chi connectivity index (χ1) is 15.7. The molecule has 3 aromatic rings. The molecule has 170 valence electrons. The summed E-state index contributed by atoms with van der Waals surface area (Å²) >= 11 is 11.8. The van der Waals surface area contributed by atoms with E-state index in [-0.39, 0.29) is 29.9 Å². The lowest BCUT2D eigenvalue weighted by Crippen LogP contribution is -2.33. The number of carboxylic acid groups (broad SMARTS) is 1. The molecular weight excluding hydrogens is 469 g/mol. The molecule has 0 fully saturated rings. The highest BCUT2D eigenvalue weighted by molar-refractivity contribution is 6.42. The molecule has 3 rings (SSSR count). The fourth-order valence-corrected chi connectivity index (χ4v) is 3.10. The first-order valence-electron chi connectivity index (χ1n) is 9.68. The summed E-state index contributed by atoms with van der Waals surface area (Å²) in [4.78, 5) is 40.2. The summed E-state index contributed by atoms with van der Waals surface area (Å²) < 4.78 is 5.69. The molecule has 0 bridgehead atoms. The minimum Gasteiger partial charge on any atom is -0.480 e. The molecule has 1 aromatic heterocycles. The van der Waals surface area contributed by atoms with Gasteiger partial charge in [0, 0.05) is 25.1 Å². The lowest BCUT2D eigenvalue weighted by molar-refractivity contribution is -0.144. The van der Waals surface area contributed by atoms with E-state index >= 15 is 0 Å². The summed E-state index contributed by atoms with van der Waals surface area (Å²) in [5.74, 6) is -0.943. The number of carbonyl (C=O) groups is 3. The van der Waals surface area contributed by atoms with E-state index in [2.05, 4.69) is 10.3 Å². The van der Waals surface area contributed by atoms with Crippen molar-refractivity contribution >= 4 is 46.7 Å². The van der Waals surface area contributed by atoms with Crippen molar-refractivity contribution < 1.29 is 24.2 Å². The normalized spacial score (nSPS) is 10.4. The Morgan fingerprint density at radius 3 is 2.33 bits per heavy atom. The fraction of sp³-hybridized carbons (Fsp3) is 0.130. The molecule has 0 atom stereocenters. The van der Waals surface area contributed by atoms with Gasteiger partial charge in [0.1, 0.15) is 12.3 Å². The molecule has 0 aliphatic rings. The van der Waals surface area contributed by atoms with E-state index in [1.807, 2.05) is 0 Å². The number of aromatic nitrogens is 1. The molecule has 2 amide bonds. The Hall–Kier alpha value is -3.62. The third-order valence-corrected chi connectivity index (χ3v) is 5.21. The first kappa shape index (κ1) is 24.0. The van der Waals surface area contributed by atoms with Gasteiger partial charge in [-0.1, -0.05) is 35.3 Å². The molecule has 0 aliphatic carbocycles. The van der Waals surface area contributed by atoms with Gasteiger partial charge in [-0.3, -0.25) is 14.4 Å². The molecule has 2 N–H and O–H groups in total. The maximum absolute atomic E-state index is 12.3. The molecule has 2 aromatic carbocycles. The third kappa shape index (κ3) is 6.93. The Morgan fingerprint density at radius 2 is 1.76 bits per heavy atom. The van der Waals surface area contributed by atoms with Crippen LogP contribution in [0.4, 0.5) is 5.69 Å². The minimum atomic E-state index is -1.08. The second kappa shape index (κ2) is 10.8. The number of halogens is 2. The van der Waals surface area contributed by atoms with Crippen LogP contribution in [0.2, 0.25) is 10.0 Å². The molecule has 0 saturated carbocycles. The molecular formula is C23H19Cl2N3O5. The Morgan fingerprint density at radius 1 is 1.03 bits per heavy atom. The Balaban J connectivity index is 1.59. The van der Waals surface area contributed by atoms with Gasteiger partial charge in [-0.15, -0.1) is 0 Å². The molecule has 0 radical (unpaired) electrons. The summed E-state index contributed by atoms with van der Waals surface area (Å²) in [5.41, 5.74) is 1.58. The summed E-state index contributed by atoms with van der Waals surface area (Å²) in [6.45, 7) is 1.13. The van der Waals surface area contributed by atoms with Gasteiger partial charge >= 0.3 is 5.97 Å². The van der Waals surface area contributed by atoms with Gasteiger partial charge in [0.15, 0.2) is 0 Å². The SMILES string of the molecule is CC(=O)N(CC(=O)O)Cc1ccc(Oc2ccc(NC(=O)c3ccc(Cl)c(Cl)c3)cn2)cc1. The number of pyridine rings is 1. The number of ether oxygens (including phenoxy) is 1. The van der Waals surface area contributed by atoms with E-state index in [1.54, 1.807) is 48.5 Å². The number of nitrogens with zero attached hydrogens (tertiary/aromatic N) is 2. The van der Waals surface area contributed by atoms with Crippen molar-refractivity contribution in [3.63, 3.8) is 0 Å². The van der Waals surface area contributed by atoms with Crippen molar-refractivity contribution in [2.24, 2.45) is 0 Å². The summed E-state index contributed by atoms with van der Waals surface area (Å²) in [5, 5.41) is 12.3. The lowest BCUT2D eigenvalue weighted by atomic mass is 10.2. The molecule has 33 heavy (non-hydrogen) atoms. The number of nitrogens with one attached hydrogen (secondary N) is 1. The van der Waals surface area contributed by atoms with E-state index in [4.69, 9.17) is 33.0 Å². The van der Waals surface area contributed by atoms with E-state index < -0.39 is 5.97 Å². The Kier molecular flexibility index (Phi) is 7.87. The van der Waals surface area contributed by atoms with Crippen molar-refractivity contribution in [2.45, 2.75) is 13.5 Å². The lowest BCUT2D eigenvalue weighted by Gasteiger charge is -2.18. The van der Waals surface area contributed by atoms with E-state index in [0.717, 1.165) is 5.56 Å². The fourth-order valence-electron chi connectivity index (χ4n) is 2.80. The number of hydrogen-bond donors (Lipinski definition) is 2. The van der Waals surface area contributed by atoms with E-state index in [1.165, 1.54) is 24.1 Å². The van der Waals surface area contributed by atoms with Gasteiger partial charge in [-0.2, -0.15) is 0 Å². The molecule has 0 unspecified atom stereocenters. The monoisotopic (exact) mass is 487 g/mol. The van der Waals surface area contributed by atoms with Crippen molar-refractivity contribution in [2.75, 3.05) is 11.9 Å². The van der Waals surface area contributed by atoms with Crippen molar-refractivity contribution in [3.05, 3.63) is 82.0 Å². The van der Waals surface area contributed by atoms with Crippen LogP contribution in [0.15, 0.2) is 60.8 Å². The van der Waals surface area contributed by atoms with Gasteiger partial charge in [0.25, 0.3) is 5.91 Å². The second-order valence-electron chi connectivity index (χ2n) is 6.98. The maximum atomic E-state index is 12.3. The van der Waals surface area contributed by atoms with Crippen molar-refractivity contribution in [3.8, 4) is 11.6 Å². The van der Waals surface area contributed by atoms with Crippen LogP contribution in [-0.2, 0) is 16.1 Å². The van der Waals surface area contributed by atoms with Gasteiger partial charge in [0.05, 0.1) is 21.9 Å². The van der Waals surface area contributed by atoms with Gasteiger partial charge in [-0.05, 0) is 42.0 Å². The quantitative estimate of drug-likeness (QED) is 0.469. The van der Waals surface area contributed by atoms with Crippen molar-refractivity contribution in [1.29, 1.82) is 0 Å². The Labute approximate surface area is 199 Å². The second-order valence-corrected chi connectivity index (χ2v) is 7.80. The smallest absolute Gasteiger partial charge is 0.323 e. The number of benzene rings is 2. The van der Waals surface area contributed by atoms with Gasteiger partial charge in [-0.25, -0.2) is 4.98 Å². The number of aliphatic carboxylic acids is 1. The maximum Gasteiger partial charge on any atom is 0.323 e. The van der Waals surface area contributed by atoms with Crippen molar-refractivity contribution in [1.82, 2.24) is 9.88 Å². The van der Waals surface area contributed by atoms with Crippen LogP contribution in [0.25, 0.3) is 0 Å². The molecule has 10 heteroatoms. The first-order valence-corrected chi connectivity index (χ1v) is 10.4. The largest absolute Gasteiger partial charge is 0.480 e. The topological polar surface area (TPSA) is 109 Å². The summed E-state index contributed by atoms with van der Waals surface area (Å²) in [6.07, 6.45) is 1.45. The van der Waals surface area contributed by atoms with Gasteiger partial charge in [0.2, 0.25) is 11.8 Å². The number of amides is 2. The standard InChI is InChI=1S/C23H19Cl2N3O5/c1-14(29)28(13-22(30)31)12-15-2-6-18(7-3-15)33-21-9-5-17(11-26-21)27-23(32)16-4-8-19(24)20(25)10-16/h2-11H,12-13H2,1H3,(H,27,32)(H,30,31).